The molecule has 0 bridgehead atoms. The summed E-state index contributed by atoms with van der Waals surface area (Å²) in [6, 6.07) is 5.22. The highest BCUT2D eigenvalue weighted by atomic mass is 19.1. The van der Waals surface area contributed by atoms with Crippen molar-refractivity contribution in [1.29, 1.82) is 0 Å². The van der Waals surface area contributed by atoms with Gasteiger partial charge in [0.05, 0.1) is 5.69 Å². The average Bonchev–Trinajstić information content (AvgIpc) is 2.43. The monoisotopic (exact) mass is 208 g/mol. The minimum absolute atomic E-state index is 0.00678. The smallest absolute Gasteiger partial charge is 0.318 e. The van der Waals surface area contributed by atoms with Crippen molar-refractivity contribution in [2.24, 2.45) is 0 Å². The van der Waals surface area contributed by atoms with Gasteiger partial charge in [-0.3, -0.25) is 4.79 Å². The minimum atomic E-state index is -0.575. The first kappa shape index (κ1) is 9.64. The number of anilines is 1. The zero-order valence-electron chi connectivity index (χ0n) is 8.11. The first-order valence-electron chi connectivity index (χ1n) is 4.44. The number of likely N-dealkylation sites (N-methyl/N-ethyl adjacent to an activating group) is 1. The van der Waals surface area contributed by atoms with E-state index in [1.807, 2.05) is 0 Å². The van der Waals surface area contributed by atoms with Crippen LogP contribution in [0.1, 0.15) is 0 Å². The van der Waals surface area contributed by atoms with Crippen LogP contribution in [-0.4, -0.2) is 30.4 Å². The fourth-order valence-corrected chi connectivity index (χ4v) is 1.49. The van der Waals surface area contributed by atoms with Gasteiger partial charge in [-0.1, -0.05) is 12.1 Å². The number of imide groups is 1. The van der Waals surface area contributed by atoms with Crippen LogP contribution >= 0.6 is 0 Å². The van der Waals surface area contributed by atoms with Crippen molar-refractivity contribution in [2.75, 3.05) is 18.5 Å². The molecule has 1 aromatic carbocycles. The molecule has 2 rings (SSSR count). The van der Waals surface area contributed by atoms with E-state index in [-0.39, 0.29) is 12.2 Å². The van der Waals surface area contributed by atoms with Crippen LogP contribution in [0.15, 0.2) is 24.3 Å². The minimum Gasteiger partial charge on any atom is -0.318 e. The van der Waals surface area contributed by atoms with E-state index < -0.39 is 17.8 Å². The van der Waals surface area contributed by atoms with Crippen LogP contribution in [-0.2, 0) is 4.79 Å². The number of rotatable bonds is 1. The van der Waals surface area contributed by atoms with Gasteiger partial charge in [0.2, 0.25) is 0 Å². The number of urea groups is 1. The zero-order valence-corrected chi connectivity index (χ0v) is 8.11. The van der Waals surface area contributed by atoms with Crippen molar-refractivity contribution < 1.29 is 14.0 Å². The molecular weight excluding hydrogens is 199 g/mol. The molecule has 3 amide bonds. The van der Waals surface area contributed by atoms with E-state index in [0.29, 0.717) is 0 Å². The quantitative estimate of drug-likeness (QED) is 0.651. The maximum Gasteiger partial charge on any atom is 0.331 e. The predicted octanol–water partition coefficient (Wildman–Crippen LogP) is 1.22. The second-order valence-electron chi connectivity index (χ2n) is 3.32. The molecule has 1 fully saturated rings. The summed E-state index contributed by atoms with van der Waals surface area (Å²) >= 11 is 0. The van der Waals surface area contributed by atoms with Crippen molar-refractivity contribution in [2.45, 2.75) is 0 Å². The molecule has 0 aliphatic carbocycles. The molecule has 1 saturated heterocycles. The van der Waals surface area contributed by atoms with Gasteiger partial charge in [-0.25, -0.2) is 14.1 Å². The maximum atomic E-state index is 13.4. The summed E-state index contributed by atoms with van der Waals surface area (Å²) in [5.41, 5.74) is 0.0110. The van der Waals surface area contributed by atoms with Gasteiger partial charge in [-0.15, -0.1) is 0 Å². The van der Waals surface area contributed by atoms with Gasteiger partial charge in [-0.05, 0) is 12.1 Å². The molecule has 1 aliphatic heterocycles. The van der Waals surface area contributed by atoms with Crippen LogP contribution in [0.2, 0.25) is 0 Å². The zero-order chi connectivity index (χ0) is 11.0. The van der Waals surface area contributed by atoms with Crippen LogP contribution in [0.3, 0.4) is 0 Å². The van der Waals surface area contributed by atoms with Crippen molar-refractivity contribution in [3.63, 3.8) is 0 Å². The van der Waals surface area contributed by atoms with Crippen LogP contribution in [0.5, 0.6) is 0 Å². The summed E-state index contributed by atoms with van der Waals surface area (Å²) in [6.45, 7) is -0.00678. The Balaban J connectivity index is 2.44. The second kappa shape index (κ2) is 3.34. The molecule has 0 aromatic heterocycles. The van der Waals surface area contributed by atoms with Gasteiger partial charge >= 0.3 is 6.03 Å². The third-order valence-electron chi connectivity index (χ3n) is 2.23. The number of amides is 3. The Bertz CT molecular complexity index is 433. The number of para-hydroxylation sites is 1. The molecular formula is C10H9FN2O2. The lowest BCUT2D eigenvalue weighted by atomic mass is 10.3. The Morgan fingerprint density at radius 2 is 1.93 bits per heavy atom. The molecule has 1 aromatic rings. The van der Waals surface area contributed by atoms with E-state index in [1.165, 1.54) is 30.1 Å². The van der Waals surface area contributed by atoms with E-state index in [1.54, 1.807) is 6.07 Å². The van der Waals surface area contributed by atoms with E-state index in [0.717, 1.165) is 4.90 Å². The summed E-state index contributed by atoms with van der Waals surface area (Å²) in [7, 11) is 1.50. The largest absolute Gasteiger partial charge is 0.331 e. The Hall–Kier alpha value is -1.91. The standard InChI is InChI=1S/C10H9FN2O2/c1-12-6-9(14)13(10(12)15)8-5-3-2-4-7(8)11/h2-5H,6H2,1H3. The maximum absolute atomic E-state index is 13.4. The fraction of sp³-hybridized carbons (Fsp3) is 0.200. The number of benzene rings is 1. The van der Waals surface area contributed by atoms with Crippen molar-refractivity contribution in [1.82, 2.24) is 4.90 Å². The number of carbonyl (C=O) groups is 2. The highest BCUT2D eigenvalue weighted by Gasteiger charge is 2.35. The summed E-state index contributed by atoms with van der Waals surface area (Å²) in [5.74, 6) is -0.984. The predicted molar refractivity (Wildman–Crippen MR) is 51.9 cm³/mol. The molecule has 0 atom stereocenters. The summed E-state index contributed by atoms with van der Waals surface area (Å²) in [4.78, 5) is 25.1. The van der Waals surface area contributed by atoms with E-state index >= 15 is 0 Å². The lowest BCUT2D eigenvalue weighted by molar-refractivity contribution is -0.116. The Morgan fingerprint density at radius 3 is 2.47 bits per heavy atom. The van der Waals surface area contributed by atoms with Crippen LogP contribution in [0, 0.1) is 5.82 Å². The van der Waals surface area contributed by atoms with Gasteiger partial charge in [0, 0.05) is 7.05 Å². The number of hydrogen-bond donors (Lipinski definition) is 0. The Labute approximate surface area is 85.9 Å². The third-order valence-corrected chi connectivity index (χ3v) is 2.23. The first-order valence-corrected chi connectivity index (χ1v) is 4.44. The fourth-order valence-electron chi connectivity index (χ4n) is 1.49. The highest BCUT2D eigenvalue weighted by Crippen LogP contribution is 2.23. The van der Waals surface area contributed by atoms with Crippen LogP contribution in [0.4, 0.5) is 14.9 Å². The third kappa shape index (κ3) is 1.45. The number of halogens is 1. The summed E-state index contributed by atoms with van der Waals surface area (Å²) < 4.78 is 13.4. The average molecular weight is 208 g/mol. The van der Waals surface area contributed by atoms with E-state index in [9.17, 15) is 14.0 Å². The molecule has 5 heteroatoms. The van der Waals surface area contributed by atoms with Crippen molar-refractivity contribution in [3.05, 3.63) is 30.1 Å². The molecule has 78 valence electrons. The first-order chi connectivity index (χ1) is 7.11. The topological polar surface area (TPSA) is 40.6 Å². The molecule has 15 heavy (non-hydrogen) atoms. The molecule has 1 heterocycles. The number of hydrogen-bond acceptors (Lipinski definition) is 2. The SMILES string of the molecule is CN1CC(=O)N(c2ccccc2F)C1=O. The lowest BCUT2D eigenvalue weighted by Crippen LogP contribution is -2.32. The summed E-state index contributed by atoms with van der Waals surface area (Å²) in [5, 5.41) is 0. The number of carbonyl (C=O) groups excluding carboxylic acids is 2. The van der Waals surface area contributed by atoms with Crippen LogP contribution in [0.25, 0.3) is 0 Å². The molecule has 0 saturated carbocycles. The molecule has 4 nitrogen and oxygen atoms in total. The van der Waals surface area contributed by atoms with Gasteiger partial charge < -0.3 is 4.90 Å². The van der Waals surface area contributed by atoms with Gasteiger partial charge in [-0.2, -0.15) is 0 Å². The van der Waals surface area contributed by atoms with Crippen LogP contribution < -0.4 is 4.90 Å². The van der Waals surface area contributed by atoms with E-state index in [4.69, 9.17) is 0 Å². The molecule has 0 radical (unpaired) electrons. The molecule has 1 aliphatic rings. The van der Waals surface area contributed by atoms with Gasteiger partial charge in [0.25, 0.3) is 5.91 Å². The Kier molecular flexibility index (Phi) is 2.15. The van der Waals surface area contributed by atoms with Crippen molar-refractivity contribution >= 4 is 17.6 Å². The van der Waals surface area contributed by atoms with Gasteiger partial charge in [0.15, 0.2) is 0 Å². The number of nitrogens with zero attached hydrogens (tertiary/aromatic N) is 2. The molecule has 0 unspecified atom stereocenters. The molecule has 0 spiro atoms. The second-order valence-corrected chi connectivity index (χ2v) is 3.32. The van der Waals surface area contributed by atoms with E-state index in [2.05, 4.69) is 0 Å². The summed E-state index contributed by atoms with van der Waals surface area (Å²) in [6.07, 6.45) is 0. The normalized spacial score (nSPS) is 16.4. The highest BCUT2D eigenvalue weighted by molar-refractivity contribution is 6.19. The molecule has 0 N–H and O–H groups in total. The lowest BCUT2D eigenvalue weighted by Gasteiger charge is -2.14. The van der Waals surface area contributed by atoms with Crippen molar-refractivity contribution in [3.8, 4) is 0 Å². The van der Waals surface area contributed by atoms with Gasteiger partial charge in [0.1, 0.15) is 12.4 Å². The Morgan fingerprint density at radius 1 is 1.27 bits per heavy atom.